The maximum atomic E-state index is 11.4. The summed E-state index contributed by atoms with van der Waals surface area (Å²) in [6.45, 7) is 5.65. The van der Waals surface area contributed by atoms with E-state index in [1.165, 1.54) is 18.9 Å². The van der Waals surface area contributed by atoms with Gasteiger partial charge < -0.3 is 15.5 Å². The number of nitrogens with zero attached hydrogens (tertiary/aromatic N) is 3. The van der Waals surface area contributed by atoms with E-state index in [1.54, 1.807) is 4.90 Å². The predicted octanol–water partition coefficient (Wildman–Crippen LogP) is 0.823. The highest BCUT2D eigenvalue weighted by atomic mass is 16.1. The molecule has 0 aliphatic carbocycles. The lowest BCUT2D eigenvalue weighted by atomic mass is 10.2. The Morgan fingerprint density at radius 2 is 2.17 bits per heavy atom. The van der Waals surface area contributed by atoms with Gasteiger partial charge in [0.05, 0.1) is 5.57 Å². The molecule has 2 aliphatic heterocycles. The number of primary amides is 1. The van der Waals surface area contributed by atoms with Gasteiger partial charge in [0.25, 0.3) is 5.91 Å². The standard InChI is InChI=1S/C13H18N4O/c1-3-10(12(14)18)13-15-11(6-9-16(13)2)17-7-4-5-8-17/h3,6,9H,1,4-5,7-8H2,2H3,(H2,14,18)/b13-10+. The van der Waals surface area contributed by atoms with Crippen LogP contribution in [0.15, 0.2) is 41.3 Å². The first kappa shape index (κ1) is 12.4. The molecule has 0 saturated carbocycles. The Morgan fingerprint density at radius 3 is 2.72 bits per heavy atom. The van der Waals surface area contributed by atoms with Gasteiger partial charge in [-0.05, 0) is 18.9 Å². The molecular formula is C13H18N4O. The summed E-state index contributed by atoms with van der Waals surface area (Å²) in [5, 5.41) is 0. The maximum Gasteiger partial charge on any atom is 0.252 e. The van der Waals surface area contributed by atoms with E-state index in [1.807, 2.05) is 19.3 Å². The van der Waals surface area contributed by atoms with Crippen molar-refractivity contribution < 1.29 is 4.79 Å². The highest BCUT2D eigenvalue weighted by Crippen LogP contribution is 2.19. The molecule has 0 bridgehead atoms. The quantitative estimate of drug-likeness (QED) is 0.734. The van der Waals surface area contributed by atoms with Gasteiger partial charge in [-0.2, -0.15) is 0 Å². The number of hydrogen-bond donors (Lipinski definition) is 1. The molecule has 1 fully saturated rings. The number of amidine groups is 1. The van der Waals surface area contributed by atoms with Gasteiger partial charge in [0.1, 0.15) is 11.7 Å². The minimum Gasteiger partial charge on any atom is -0.365 e. The van der Waals surface area contributed by atoms with Gasteiger partial charge in [0, 0.05) is 26.3 Å². The topological polar surface area (TPSA) is 61.9 Å². The van der Waals surface area contributed by atoms with Crippen LogP contribution in [0.5, 0.6) is 0 Å². The van der Waals surface area contributed by atoms with Crippen molar-refractivity contribution in [2.45, 2.75) is 12.8 Å². The average molecular weight is 246 g/mol. The summed E-state index contributed by atoms with van der Waals surface area (Å²) in [5.41, 5.74) is 5.68. The summed E-state index contributed by atoms with van der Waals surface area (Å²) in [7, 11) is 1.84. The summed E-state index contributed by atoms with van der Waals surface area (Å²) < 4.78 is 0. The number of carbonyl (C=O) groups is 1. The van der Waals surface area contributed by atoms with Gasteiger partial charge in [-0.25, -0.2) is 4.99 Å². The molecule has 2 aliphatic rings. The lowest BCUT2D eigenvalue weighted by Gasteiger charge is -2.26. The summed E-state index contributed by atoms with van der Waals surface area (Å²) >= 11 is 0. The third-order valence-electron chi connectivity index (χ3n) is 3.14. The lowest BCUT2D eigenvalue weighted by molar-refractivity contribution is -0.114. The van der Waals surface area contributed by atoms with Gasteiger partial charge in [-0.1, -0.05) is 12.7 Å². The number of likely N-dealkylation sites (tertiary alicyclic amines) is 1. The number of carbonyl (C=O) groups excluding carboxylic acids is 1. The fraction of sp³-hybridized carbons (Fsp3) is 0.385. The molecule has 1 saturated heterocycles. The molecule has 2 rings (SSSR count). The molecule has 0 atom stereocenters. The maximum absolute atomic E-state index is 11.4. The molecule has 2 heterocycles. The van der Waals surface area contributed by atoms with Crippen LogP contribution in [0.3, 0.4) is 0 Å². The Labute approximate surface area is 107 Å². The molecule has 0 aromatic heterocycles. The zero-order valence-corrected chi connectivity index (χ0v) is 10.6. The Balaban J connectivity index is 2.37. The minimum absolute atomic E-state index is 0.346. The number of rotatable bonds is 2. The molecular weight excluding hydrogens is 228 g/mol. The summed E-state index contributed by atoms with van der Waals surface area (Å²) in [5.74, 6) is 0.940. The predicted molar refractivity (Wildman–Crippen MR) is 71.6 cm³/mol. The normalized spacial score (nSPS) is 21.9. The molecule has 0 spiro atoms. The fourth-order valence-electron chi connectivity index (χ4n) is 2.15. The molecule has 0 unspecified atom stereocenters. The largest absolute Gasteiger partial charge is 0.365 e. The number of amides is 1. The number of nitrogens with two attached hydrogens (primary N) is 1. The van der Waals surface area contributed by atoms with Crippen molar-refractivity contribution in [2.75, 3.05) is 20.1 Å². The van der Waals surface area contributed by atoms with E-state index in [9.17, 15) is 4.79 Å². The van der Waals surface area contributed by atoms with Crippen LogP contribution in [-0.2, 0) is 4.79 Å². The van der Waals surface area contributed by atoms with E-state index in [-0.39, 0.29) is 0 Å². The summed E-state index contributed by atoms with van der Waals surface area (Å²) in [6, 6.07) is 0. The van der Waals surface area contributed by atoms with Crippen LogP contribution in [0, 0.1) is 0 Å². The summed E-state index contributed by atoms with van der Waals surface area (Å²) in [4.78, 5) is 19.9. The van der Waals surface area contributed by atoms with Crippen molar-refractivity contribution in [2.24, 2.45) is 10.7 Å². The van der Waals surface area contributed by atoms with Crippen LogP contribution < -0.4 is 5.73 Å². The van der Waals surface area contributed by atoms with Crippen LogP contribution in [0.25, 0.3) is 0 Å². The van der Waals surface area contributed by atoms with Crippen LogP contribution in [0.2, 0.25) is 0 Å². The van der Waals surface area contributed by atoms with Crippen molar-refractivity contribution >= 4 is 11.7 Å². The summed E-state index contributed by atoms with van der Waals surface area (Å²) in [6.07, 6.45) is 7.68. The van der Waals surface area contributed by atoms with Gasteiger partial charge in [0.15, 0.2) is 0 Å². The smallest absolute Gasteiger partial charge is 0.252 e. The van der Waals surface area contributed by atoms with E-state index in [4.69, 9.17) is 5.73 Å². The fourth-order valence-corrected chi connectivity index (χ4v) is 2.15. The zero-order valence-electron chi connectivity index (χ0n) is 10.6. The zero-order chi connectivity index (χ0) is 13.1. The first-order chi connectivity index (χ1) is 8.63. The second-order valence-electron chi connectivity index (χ2n) is 4.40. The number of hydrogen-bond acceptors (Lipinski definition) is 4. The molecule has 96 valence electrons. The SMILES string of the molecule is C=C/C(C(N)=O)=C1/N=C(N2CCCC2)C=CN1C. The lowest BCUT2D eigenvalue weighted by Crippen LogP contribution is -2.31. The first-order valence-corrected chi connectivity index (χ1v) is 6.04. The molecule has 0 aromatic carbocycles. The van der Waals surface area contributed by atoms with Crippen molar-refractivity contribution in [1.82, 2.24) is 9.80 Å². The average Bonchev–Trinajstić information content (AvgIpc) is 2.85. The minimum atomic E-state index is -0.508. The van der Waals surface area contributed by atoms with E-state index in [0.29, 0.717) is 11.4 Å². The Bertz CT molecular complexity index is 456. The number of aliphatic imine (C=N–C) groups is 1. The van der Waals surface area contributed by atoms with Gasteiger partial charge in [-0.3, -0.25) is 4.79 Å². The first-order valence-electron chi connectivity index (χ1n) is 6.04. The van der Waals surface area contributed by atoms with Gasteiger partial charge in [0.2, 0.25) is 0 Å². The third-order valence-corrected chi connectivity index (χ3v) is 3.14. The molecule has 18 heavy (non-hydrogen) atoms. The highest BCUT2D eigenvalue weighted by molar-refractivity contribution is 5.98. The second kappa shape index (κ2) is 5.08. The molecule has 0 radical (unpaired) electrons. The molecule has 5 nitrogen and oxygen atoms in total. The Morgan fingerprint density at radius 1 is 1.50 bits per heavy atom. The van der Waals surface area contributed by atoms with E-state index in [0.717, 1.165) is 18.9 Å². The van der Waals surface area contributed by atoms with Crippen LogP contribution in [0.1, 0.15) is 12.8 Å². The van der Waals surface area contributed by atoms with Crippen LogP contribution in [-0.4, -0.2) is 41.7 Å². The van der Waals surface area contributed by atoms with Crippen molar-refractivity contribution in [3.63, 3.8) is 0 Å². The van der Waals surface area contributed by atoms with E-state index < -0.39 is 5.91 Å². The van der Waals surface area contributed by atoms with Crippen molar-refractivity contribution in [1.29, 1.82) is 0 Å². The van der Waals surface area contributed by atoms with Crippen molar-refractivity contribution in [3.8, 4) is 0 Å². The highest BCUT2D eigenvalue weighted by Gasteiger charge is 2.20. The third kappa shape index (κ3) is 2.30. The van der Waals surface area contributed by atoms with E-state index in [2.05, 4.69) is 16.5 Å². The molecule has 0 aromatic rings. The van der Waals surface area contributed by atoms with Crippen LogP contribution in [0.4, 0.5) is 0 Å². The second-order valence-corrected chi connectivity index (χ2v) is 4.40. The molecule has 5 heteroatoms. The Kier molecular flexibility index (Phi) is 3.50. The van der Waals surface area contributed by atoms with Gasteiger partial charge >= 0.3 is 0 Å². The molecule has 2 N–H and O–H groups in total. The van der Waals surface area contributed by atoms with Crippen LogP contribution >= 0.6 is 0 Å². The Hall–Kier alpha value is -2.04. The van der Waals surface area contributed by atoms with E-state index >= 15 is 0 Å². The van der Waals surface area contributed by atoms with Crippen molar-refractivity contribution in [3.05, 3.63) is 36.3 Å². The molecule has 1 amide bonds. The monoisotopic (exact) mass is 246 g/mol. The van der Waals surface area contributed by atoms with Gasteiger partial charge in [-0.15, -0.1) is 0 Å².